The van der Waals surface area contributed by atoms with Gasteiger partial charge in [-0.15, -0.1) is 0 Å². The van der Waals surface area contributed by atoms with Crippen LogP contribution < -0.4 is 29.6 Å². The summed E-state index contributed by atoms with van der Waals surface area (Å²) in [5.74, 6) is 0. The first-order chi connectivity index (χ1) is 6.34. The third kappa shape index (κ3) is 10.4. The molecule has 0 fully saturated rings. The summed E-state index contributed by atoms with van der Waals surface area (Å²) in [4.78, 5) is 0. The van der Waals surface area contributed by atoms with Gasteiger partial charge in [-0.05, 0) is 20.8 Å². The van der Waals surface area contributed by atoms with Crippen molar-refractivity contribution in [3.05, 3.63) is 35.9 Å². The minimum atomic E-state index is -3.74. The monoisotopic (exact) mass is 240 g/mol. The summed E-state index contributed by atoms with van der Waals surface area (Å²) >= 11 is 0. The van der Waals surface area contributed by atoms with Gasteiger partial charge in [0.25, 0.3) is 10.1 Å². The van der Waals surface area contributed by atoms with Crippen LogP contribution in [0.15, 0.2) is 30.3 Å². The Bertz CT molecular complexity index is 352. The third-order valence-electron chi connectivity index (χ3n) is 1.54. The van der Waals surface area contributed by atoms with E-state index in [1.54, 1.807) is 0 Å². The van der Waals surface area contributed by atoms with Crippen molar-refractivity contribution in [2.24, 2.45) is 0 Å². The zero-order valence-electron chi connectivity index (χ0n) is 10.6. The van der Waals surface area contributed by atoms with Crippen molar-refractivity contribution in [1.29, 1.82) is 0 Å². The fourth-order valence-corrected chi connectivity index (χ4v) is 0.534. The smallest absolute Gasteiger partial charge is 1.00 e. The van der Waals surface area contributed by atoms with E-state index in [0.29, 0.717) is 0 Å². The molecule has 0 aliphatic carbocycles. The Balaban J connectivity index is -0.000000188. The maximum absolute atomic E-state index is 9.89. The zero-order chi connectivity index (χ0) is 11.2. The van der Waals surface area contributed by atoms with Crippen LogP contribution in [0.5, 0.6) is 0 Å². The Morgan fingerprint density at radius 3 is 1.67 bits per heavy atom. The van der Waals surface area contributed by atoms with Gasteiger partial charge in [0.2, 0.25) is 0 Å². The van der Waals surface area contributed by atoms with Crippen molar-refractivity contribution in [1.82, 2.24) is 0 Å². The quantitative estimate of drug-likeness (QED) is 0.526. The van der Waals surface area contributed by atoms with Gasteiger partial charge in [0.15, 0.2) is 0 Å². The Kier molecular flexibility index (Phi) is 9.70. The van der Waals surface area contributed by atoms with Gasteiger partial charge in [0.1, 0.15) is 0 Å². The van der Waals surface area contributed by atoms with Crippen molar-refractivity contribution in [3.63, 3.8) is 0 Å². The summed E-state index contributed by atoms with van der Waals surface area (Å²) in [5, 5.41) is -0.674. The first-order valence-corrected chi connectivity index (χ1v) is 5.82. The molecule has 15 heavy (non-hydrogen) atoms. The summed E-state index contributed by atoms with van der Waals surface area (Å²) in [6, 6.07) is 10.3. The van der Waals surface area contributed by atoms with Gasteiger partial charge in [0.05, 0.1) is 5.25 Å². The van der Waals surface area contributed by atoms with E-state index < -0.39 is 15.4 Å². The van der Waals surface area contributed by atoms with E-state index in [1.165, 1.54) is 19.4 Å². The molecule has 0 saturated carbocycles. The van der Waals surface area contributed by atoms with Crippen LogP contribution in [0, 0.1) is 6.92 Å². The van der Waals surface area contributed by atoms with Crippen LogP contribution in [0.25, 0.3) is 0 Å². The molecule has 0 aliphatic heterocycles. The number of rotatable bonds is 1. The molecule has 1 aromatic rings. The fraction of sp³-hybridized carbons (Fsp3) is 0.400. The van der Waals surface area contributed by atoms with Gasteiger partial charge in [-0.1, -0.05) is 35.9 Å². The molecule has 0 unspecified atom stereocenters. The van der Waals surface area contributed by atoms with Crippen molar-refractivity contribution in [2.75, 3.05) is 0 Å². The molecule has 1 aromatic carbocycles. The molecular formula is C10H17NaO3S. The van der Waals surface area contributed by atoms with Crippen molar-refractivity contribution >= 4 is 10.1 Å². The fourth-order valence-electron chi connectivity index (χ4n) is 0.534. The normalized spacial score (nSPS) is 9.93. The molecule has 0 saturated heterocycles. The van der Waals surface area contributed by atoms with Gasteiger partial charge in [0, 0.05) is 0 Å². The van der Waals surface area contributed by atoms with Crippen LogP contribution in [-0.2, 0) is 10.1 Å². The van der Waals surface area contributed by atoms with Gasteiger partial charge in [-0.2, -0.15) is 8.42 Å². The first kappa shape index (κ1) is 17.5. The Labute approximate surface area is 115 Å². The van der Waals surface area contributed by atoms with Crippen LogP contribution in [0.4, 0.5) is 0 Å². The summed E-state index contributed by atoms with van der Waals surface area (Å²) < 4.78 is 27.8. The number of aryl methyl sites for hydroxylation is 1. The molecule has 0 amide bonds. The predicted octanol–water partition coefficient (Wildman–Crippen LogP) is -0.606. The second kappa shape index (κ2) is 8.30. The Morgan fingerprint density at radius 2 is 1.53 bits per heavy atom. The molecule has 0 aromatic heterocycles. The summed E-state index contributed by atoms with van der Waals surface area (Å²) in [7, 11) is -3.74. The number of hydrogen-bond donors (Lipinski definition) is 1. The second-order valence-electron chi connectivity index (χ2n) is 3.22. The Hall–Kier alpha value is 0.130. The molecule has 0 radical (unpaired) electrons. The summed E-state index contributed by atoms with van der Waals surface area (Å²) in [6.45, 7) is 4.91. The SMILES string of the molecule is CC(C)S(=O)(=O)O.Cc1ccccc1.[H-].[Na+]. The van der Waals surface area contributed by atoms with E-state index in [4.69, 9.17) is 4.55 Å². The molecular weight excluding hydrogens is 223 g/mol. The van der Waals surface area contributed by atoms with Gasteiger partial charge in [-0.3, -0.25) is 4.55 Å². The second-order valence-corrected chi connectivity index (χ2v) is 5.19. The van der Waals surface area contributed by atoms with Gasteiger partial charge in [-0.25, -0.2) is 0 Å². The van der Waals surface area contributed by atoms with E-state index in [0.717, 1.165) is 0 Å². The predicted molar refractivity (Wildman–Crippen MR) is 59.0 cm³/mol. The molecule has 0 aliphatic rings. The van der Waals surface area contributed by atoms with Crippen LogP contribution in [0.1, 0.15) is 20.8 Å². The molecule has 1 N–H and O–H groups in total. The molecule has 0 atom stereocenters. The van der Waals surface area contributed by atoms with Crippen LogP contribution in [-0.4, -0.2) is 18.2 Å². The molecule has 0 spiro atoms. The van der Waals surface area contributed by atoms with Crippen LogP contribution in [0.3, 0.4) is 0 Å². The largest absolute Gasteiger partial charge is 1.00 e. The molecule has 1 rings (SSSR count). The average Bonchev–Trinajstić information content (AvgIpc) is 2.04. The minimum Gasteiger partial charge on any atom is -1.00 e. The maximum Gasteiger partial charge on any atom is 1.00 e. The van der Waals surface area contributed by atoms with Gasteiger partial charge < -0.3 is 1.43 Å². The van der Waals surface area contributed by atoms with Gasteiger partial charge >= 0.3 is 29.6 Å². The third-order valence-corrected chi connectivity index (χ3v) is 2.73. The zero-order valence-corrected chi connectivity index (χ0v) is 12.5. The molecule has 3 nitrogen and oxygen atoms in total. The van der Waals surface area contributed by atoms with E-state index in [-0.39, 0.29) is 31.0 Å². The van der Waals surface area contributed by atoms with Crippen LogP contribution >= 0.6 is 0 Å². The topological polar surface area (TPSA) is 54.4 Å². The standard InChI is InChI=1S/C7H8.C3H8O3S.Na.H/c1-7-5-3-2-4-6-7;1-3(2)7(4,5)6;;/h2-6H,1H3;3H,1-2H3,(H,4,5,6);;/q;;+1;-1. The van der Waals surface area contributed by atoms with Crippen molar-refractivity contribution in [2.45, 2.75) is 26.0 Å². The van der Waals surface area contributed by atoms with E-state index >= 15 is 0 Å². The summed E-state index contributed by atoms with van der Waals surface area (Å²) in [6.07, 6.45) is 0. The first-order valence-electron chi connectivity index (χ1n) is 4.32. The van der Waals surface area contributed by atoms with E-state index in [2.05, 4.69) is 19.1 Å². The maximum atomic E-state index is 9.89. The van der Waals surface area contributed by atoms with Crippen molar-refractivity contribution < 1.29 is 44.0 Å². The number of hydrogen-bond acceptors (Lipinski definition) is 2. The molecule has 0 heterocycles. The van der Waals surface area contributed by atoms with E-state index in [9.17, 15) is 8.42 Å². The minimum absolute atomic E-state index is 0. The molecule has 5 heteroatoms. The Morgan fingerprint density at radius 1 is 1.20 bits per heavy atom. The number of benzene rings is 1. The average molecular weight is 240 g/mol. The van der Waals surface area contributed by atoms with E-state index in [1.807, 2.05) is 18.2 Å². The summed E-state index contributed by atoms with van der Waals surface area (Å²) in [5.41, 5.74) is 1.32. The molecule has 0 bridgehead atoms. The van der Waals surface area contributed by atoms with Crippen molar-refractivity contribution in [3.8, 4) is 0 Å². The van der Waals surface area contributed by atoms with Crippen LogP contribution in [0.2, 0.25) is 0 Å². The molecule has 82 valence electrons.